The van der Waals surface area contributed by atoms with Crippen molar-refractivity contribution in [3.63, 3.8) is 0 Å². The van der Waals surface area contributed by atoms with Crippen molar-refractivity contribution in [1.29, 1.82) is 0 Å². The molecule has 0 bridgehead atoms. The van der Waals surface area contributed by atoms with Crippen molar-refractivity contribution in [3.05, 3.63) is 17.3 Å². The van der Waals surface area contributed by atoms with Crippen LogP contribution in [0.25, 0.3) is 0 Å². The van der Waals surface area contributed by atoms with E-state index in [0.717, 1.165) is 9.35 Å². The first-order chi connectivity index (χ1) is 9.47. The van der Waals surface area contributed by atoms with Gasteiger partial charge in [0, 0.05) is 12.1 Å². The molecule has 0 spiro atoms. The lowest BCUT2D eigenvalue weighted by molar-refractivity contribution is -0.115. The van der Waals surface area contributed by atoms with Gasteiger partial charge in [0.05, 0.1) is 11.4 Å². The predicted molar refractivity (Wildman–Crippen MR) is 81.2 cm³/mol. The number of aryl methyl sites for hydroxylation is 1. The average molecular weight is 311 g/mol. The molecule has 0 aromatic carbocycles. The fourth-order valence-electron chi connectivity index (χ4n) is 1.58. The number of hydrogen-bond donors (Lipinski definition) is 1. The van der Waals surface area contributed by atoms with E-state index in [4.69, 9.17) is 0 Å². The van der Waals surface area contributed by atoms with Crippen LogP contribution in [0.1, 0.15) is 31.8 Å². The molecular weight excluding hydrogens is 294 g/mol. The minimum absolute atomic E-state index is 0.0646. The highest BCUT2D eigenvalue weighted by atomic mass is 32.2. The third-order valence-electron chi connectivity index (χ3n) is 2.57. The normalized spacial score (nSPS) is 12.7. The van der Waals surface area contributed by atoms with Crippen LogP contribution in [0.4, 0.5) is 5.82 Å². The van der Waals surface area contributed by atoms with Gasteiger partial charge in [-0.3, -0.25) is 4.79 Å². The lowest BCUT2D eigenvalue weighted by Gasteiger charge is -2.14. The molecule has 108 valence electrons. The number of amides is 1. The van der Waals surface area contributed by atoms with Crippen LogP contribution in [0.5, 0.6) is 0 Å². The summed E-state index contributed by atoms with van der Waals surface area (Å²) in [4.78, 5) is 12.2. The molecule has 2 heterocycles. The molecule has 0 radical (unpaired) electrons. The van der Waals surface area contributed by atoms with Crippen molar-refractivity contribution in [3.8, 4) is 0 Å². The number of nitrogens with one attached hydrogen (secondary N) is 1. The summed E-state index contributed by atoms with van der Waals surface area (Å²) in [7, 11) is 0. The SMILES string of the molecule is Cc1nnc(SC(C)C(=O)Nc2ccnn2C(C)C)s1. The highest BCUT2D eigenvalue weighted by Gasteiger charge is 2.18. The van der Waals surface area contributed by atoms with Crippen molar-refractivity contribution < 1.29 is 4.79 Å². The van der Waals surface area contributed by atoms with Gasteiger partial charge in [-0.15, -0.1) is 10.2 Å². The Morgan fingerprint density at radius 2 is 2.15 bits per heavy atom. The molecule has 1 atom stereocenters. The molecule has 1 N–H and O–H groups in total. The number of thioether (sulfide) groups is 1. The summed E-state index contributed by atoms with van der Waals surface area (Å²) in [5, 5.41) is 15.7. The van der Waals surface area contributed by atoms with Crippen molar-refractivity contribution >= 4 is 34.8 Å². The molecule has 1 amide bonds. The number of anilines is 1. The predicted octanol–water partition coefficient (Wildman–Crippen LogP) is 2.74. The second-order valence-corrected chi connectivity index (χ2v) is 7.36. The van der Waals surface area contributed by atoms with Crippen LogP contribution >= 0.6 is 23.1 Å². The molecule has 0 saturated carbocycles. The van der Waals surface area contributed by atoms with E-state index in [1.807, 2.05) is 27.7 Å². The summed E-state index contributed by atoms with van der Waals surface area (Å²) >= 11 is 2.90. The number of aromatic nitrogens is 4. The van der Waals surface area contributed by atoms with Crippen LogP contribution in [0, 0.1) is 6.92 Å². The first-order valence-electron chi connectivity index (χ1n) is 6.28. The molecule has 0 aliphatic rings. The quantitative estimate of drug-likeness (QED) is 0.860. The molecular formula is C12H17N5OS2. The Labute approximate surface area is 126 Å². The molecule has 2 aromatic rings. The fourth-order valence-corrected chi connectivity index (χ4v) is 3.54. The Balaban J connectivity index is 1.99. The molecule has 20 heavy (non-hydrogen) atoms. The molecule has 2 rings (SSSR count). The van der Waals surface area contributed by atoms with E-state index in [0.29, 0.717) is 5.82 Å². The van der Waals surface area contributed by atoms with E-state index >= 15 is 0 Å². The summed E-state index contributed by atoms with van der Waals surface area (Å²) in [6.45, 7) is 7.79. The fraction of sp³-hybridized carbons (Fsp3) is 0.500. The summed E-state index contributed by atoms with van der Waals surface area (Å²) in [6.07, 6.45) is 1.68. The summed E-state index contributed by atoms with van der Waals surface area (Å²) in [5.74, 6) is 0.649. The van der Waals surface area contributed by atoms with Crippen molar-refractivity contribution in [2.75, 3.05) is 5.32 Å². The van der Waals surface area contributed by atoms with Gasteiger partial charge in [-0.25, -0.2) is 4.68 Å². The third-order valence-corrected chi connectivity index (χ3v) is 4.59. The number of nitrogens with zero attached hydrogens (tertiary/aromatic N) is 4. The van der Waals surface area contributed by atoms with Gasteiger partial charge in [0.1, 0.15) is 10.8 Å². The van der Waals surface area contributed by atoms with Crippen LogP contribution < -0.4 is 5.32 Å². The van der Waals surface area contributed by atoms with Gasteiger partial charge in [-0.05, 0) is 27.7 Å². The molecule has 1 unspecified atom stereocenters. The third kappa shape index (κ3) is 3.57. The summed E-state index contributed by atoms with van der Waals surface area (Å²) < 4.78 is 2.59. The zero-order chi connectivity index (χ0) is 14.7. The van der Waals surface area contributed by atoms with Gasteiger partial charge >= 0.3 is 0 Å². The van der Waals surface area contributed by atoms with E-state index in [1.54, 1.807) is 16.9 Å². The molecule has 6 nitrogen and oxygen atoms in total. The van der Waals surface area contributed by atoms with Crippen LogP contribution in [-0.4, -0.2) is 31.1 Å². The Hall–Kier alpha value is -1.41. The zero-order valence-corrected chi connectivity index (χ0v) is 13.5. The summed E-state index contributed by atoms with van der Waals surface area (Å²) in [6, 6.07) is 2.00. The van der Waals surface area contributed by atoms with E-state index in [-0.39, 0.29) is 17.2 Å². The van der Waals surface area contributed by atoms with Crippen LogP contribution in [-0.2, 0) is 4.79 Å². The molecule has 0 aliphatic carbocycles. The van der Waals surface area contributed by atoms with Crippen molar-refractivity contribution in [2.24, 2.45) is 0 Å². The molecule has 0 saturated heterocycles. The maximum absolute atomic E-state index is 12.2. The first kappa shape index (κ1) is 15.0. The van der Waals surface area contributed by atoms with Gasteiger partial charge in [-0.1, -0.05) is 23.1 Å². The van der Waals surface area contributed by atoms with Gasteiger partial charge in [-0.2, -0.15) is 5.10 Å². The minimum Gasteiger partial charge on any atom is -0.310 e. The van der Waals surface area contributed by atoms with Crippen LogP contribution in [0.2, 0.25) is 0 Å². The molecule has 8 heteroatoms. The monoisotopic (exact) mass is 311 g/mol. The van der Waals surface area contributed by atoms with Gasteiger partial charge in [0.2, 0.25) is 5.91 Å². The van der Waals surface area contributed by atoms with Gasteiger partial charge in [0.15, 0.2) is 4.34 Å². The minimum atomic E-state index is -0.238. The largest absolute Gasteiger partial charge is 0.310 e. The lowest BCUT2D eigenvalue weighted by atomic mass is 10.4. The second-order valence-electron chi connectivity index (χ2n) is 4.59. The van der Waals surface area contributed by atoms with E-state index < -0.39 is 0 Å². The zero-order valence-electron chi connectivity index (χ0n) is 11.8. The van der Waals surface area contributed by atoms with Crippen LogP contribution in [0.3, 0.4) is 0 Å². The number of rotatable bonds is 5. The van der Waals surface area contributed by atoms with E-state index in [9.17, 15) is 4.79 Å². The van der Waals surface area contributed by atoms with E-state index in [2.05, 4.69) is 20.6 Å². The highest BCUT2D eigenvalue weighted by molar-refractivity contribution is 8.02. The number of carbonyl (C=O) groups is 1. The maximum atomic E-state index is 12.2. The number of carbonyl (C=O) groups excluding carboxylic acids is 1. The van der Waals surface area contributed by atoms with Crippen molar-refractivity contribution in [1.82, 2.24) is 20.0 Å². The second kappa shape index (κ2) is 6.36. The van der Waals surface area contributed by atoms with Gasteiger partial charge < -0.3 is 5.32 Å². The Bertz CT molecular complexity index is 592. The Morgan fingerprint density at radius 1 is 1.40 bits per heavy atom. The number of hydrogen-bond acceptors (Lipinski definition) is 6. The first-order valence-corrected chi connectivity index (χ1v) is 7.98. The highest BCUT2D eigenvalue weighted by Crippen LogP contribution is 2.27. The molecule has 0 aliphatic heterocycles. The van der Waals surface area contributed by atoms with Crippen LogP contribution in [0.15, 0.2) is 16.6 Å². The topological polar surface area (TPSA) is 72.7 Å². The standard InChI is InChI=1S/C12H17N5OS2/c1-7(2)17-10(5-6-13-17)14-11(18)8(3)19-12-16-15-9(4)20-12/h5-8H,1-4H3,(H,14,18). The van der Waals surface area contributed by atoms with E-state index in [1.165, 1.54) is 23.1 Å². The maximum Gasteiger partial charge on any atom is 0.238 e. The Morgan fingerprint density at radius 3 is 2.75 bits per heavy atom. The summed E-state index contributed by atoms with van der Waals surface area (Å²) in [5.41, 5.74) is 0. The average Bonchev–Trinajstić information content (AvgIpc) is 2.98. The Kier molecular flexibility index (Phi) is 4.77. The smallest absolute Gasteiger partial charge is 0.238 e. The lowest BCUT2D eigenvalue weighted by Crippen LogP contribution is -2.24. The van der Waals surface area contributed by atoms with Gasteiger partial charge in [0.25, 0.3) is 0 Å². The van der Waals surface area contributed by atoms with Crippen molar-refractivity contribution in [2.45, 2.75) is 43.3 Å². The molecule has 0 fully saturated rings. The molecule has 2 aromatic heterocycles.